The lowest BCUT2D eigenvalue weighted by molar-refractivity contribution is 0.251. The minimum absolute atomic E-state index is 0.584. The van der Waals surface area contributed by atoms with Crippen LogP contribution in [0.4, 0.5) is 0 Å². The number of likely N-dealkylation sites (tertiary alicyclic amines) is 1. The van der Waals surface area contributed by atoms with Gasteiger partial charge in [0, 0.05) is 6.04 Å². The molecule has 1 aliphatic rings. The maximum absolute atomic E-state index is 8.83. The number of nitrogens with zero attached hydrogens (tertiary/aromatic N) is 6. The molecule has 1 aromatic heterocycles. The van der Waals surface area contributed by atoms with Gasteiger partial charge in [0.05, 0.1) is 23.9 Å². The third kappa shape index (κ3) is 2.40. The van der Waals surface area contributed by atoms with Crippen LogP contribution in [0.25, 0.3) is 5.69 Å². The van der Waals surface area contributed by atoms with E-state index in [-0.39, 0.29) is 0 Å². The maximum atomic E-state index is 8.83. The summed E-state index contributed by atoms with van der Waals surface area (Å²) >= 11 is 0. The van der Waals surface area contributed by atoms with E-state index in [9.17, 15) is 0 Å². The molecule has 0 bridgehead atoms. The summed E-state index contributed by atoms with van der Waals surface area (Å²) in [5, 5.41) is 20.8. The number of hydrogen-bond acceptors (Lipinski definition) is 5. The molecular formula is C14H16N6. The molecule has 0 amide bonds. The lowest BCUT2D eigenvalue weighted by atomic mass is 10.2. The summed E-state index contributed by atoms with van der Waals surface area (Å²) in [6.45, 7) is 4.10. The van der Waals surface area contributed by atoms with Crippen LogP contribution in [-0.2, 0) is 6.54 Å². The van der Waals surface area contributed by atoms with Crippen molar-refractivity contribution in [1.29, 1.82) is 5.26 Å². The van der Waals surface area contributed by atoms with Gasteiger partial charge in [-0.2, -0.15) is 9.94 Å². The average molecular weight is 268 g/mol. The van der Waals surface area contributed by atoms with Crippen LogP contribution >= 0.6 is 0 Å². The van der Waals surface area contributed by atoms with Crippen molar-refractivity contribution >= 4 is 0 Å². The molecule has 0 radical (unpaired) electrons. The number of benzene rings is 1. The Labute approximate surface area is 117 Å². The highest BCUT2D eigenvalue weighted by Gasteiger charge is 2.22. The molecule has 1 atom stereocenters. The Bertz CT molecular complexity index is 624. The smallest absolute Gasteiger partial charge is 0.170 e. The zero-order valence-corrected chi connectivity index (χ0v) is 11.4. The van der Waals surface area contributed by atoms with Gasteiger partial charge in [0.15, 0.2) is 5.82 Å². The van der Waals surface area contributed by atoms with Crippen LogP contribution in [-0.4, -0.2) is 37.7 Å². The zero-order chi connectivity index (χ0) is 13.9. The van der Waals surface area contributed by atoms with Crippen LogP contribution in [0.2, 0.25) is 0 Å². The summed E-state index contributed by atoms with van der Waals surface area (Å²) in [5.41, 5.74) is 1.52. The summed E-state index contributed by atoms with van der Waals surface area (Å²) < 4.78 is 1.74. The predicted octanol–water partition coefficient (Wildman–Crippen LogP) is 1.52. The third-order valence-electron chi connectivity index (χ3n) is 3.81. The van der Waals surface area contributed by atoms with Crippen molar-refractivity contribution in [2.45, 2.75) is 32.4 Å². The van der Waals surface area contributed by atoms with Crippen molar-refractivity contribution in [2.24, 2.45) is 0 Å². The lowest BCUT2D eigenvalue weighted by Crippen LogP contribution is -2.27. The van der Waals surface area contributed by atoms with E-state index in [2.05, 4.69) is 33.4 Å². The molecule has 0 N–H and O–H groups in total. The van der Waals surface area contributed by atoms with E-state index < -0.39 is 0 Å². The number of rotatable bonds is 3. The Morgan fingerprint density at radius 3 is 2.80 bits per heavy atom. The topological polar surface area (TPSA) is 70.6 Å². The molecule has 1 aromatic carbocycles. The van der Waals surface area contributed by atoms with E-state index in [4.69, 9.17) is 5.26 Å². The van der Waals surface area contributed by atoms with E-state index in [0.717, 1.165) is 24.6 Å². The highest BCUT2D eigenvalue weighted by atomic mass is 15.5. The Kier molecular flexibility index (Phi) is 3.44. The summed E-state index contributed by atoms with van der Waals surface area (Å²) in [5.74, 6) is 0.837. The molecule has 6 nitrogen and oxygen atoms in total. The van der Waals surface area contributed by atoms with E-state index in [1.807, 2.05) is 12.1 Å². The SMILES string of the molecule is C[C@H]1CCCN1Cc1nnnn1-c1ccc(C#N)cc1. The first kappa shape index (κ1) is 12.8. The van der Waals surface area contributed by atoms with Crippen molar-refractivity contribution in [2.75, 3.05) is 6.54 Å². The first-order valence-corrected chi connectivity index (χ1v) is 6.80. The molecule has 20 heavy (non-hydrogen) atoms. The monoisotopic (exact) mass is 268 g/mol. The fourth-order valence-corrected chi connectivity index (χ4v) is 2.59. The van der Waals surface area contributed by atoms with Crippen molar-refractivity contribution in [3.05, 3.63) is 35.7 Å². The molecule has 6 heteroatoms. The number of hydrogen-bond donors (Lipinski definition) is 0. The Morgan fingerprint density at radius 1 is 1.35 bits per heavy atom. The van der Waals surface area contributed by atoms with Gasteiger partial charge in [-0.3, -0.25) is 4.90 Å². The van der Waals surface area contributed by atoms with Crippen LogP contribution in [0, 0.1) is 11.3 Å². The van der Waals surface area contributed by atoms with Crippen LogP contribution in [0.3, 0.4) is 0 Å². The minimum atomic E-state index is 0.584. The van der Waals surface area contributed by atoms with Gasteiger partial charge in [-0.1, -0.05) is 0 Å². The molecular weight excluding hydrogens is 252 g/mol. The molecule has 1 aliphatic heterocycles. The van der Waals surface area contributed by atoms with E-state index in [1.54, 1.807) is 16.8 Å². The van der Waals surface area contributed by atoms with Gasteiger partial charge >= 0.3 is 0 Å². The molecule has 0 aliphatic carbocycles. The molecule has 0 saturated carbocycles. The molecule has 1 fully saturated rings. The molecule has 2 heterocycles. The van der Waals surface area contributed by atoms with Gasteiger partial charge in [0.1, 0.15) is 0 Å². The average Bonchev–Trinajstić information content (AvgIpc) is 3.09. The first-order chi connectivity index (χ1) is 9.78. The second kappa shape index (κ2) is 5.39. The summed E-state index contributed by atoms with van der Waals surface area (Å²) in [7, 11) is 0. The van der Waals surface area contributed by atoms with Crippen molar-refractivity contribution < 1.29 is 0 Å². The molecule has 1 saturated heterocycles. The Morgan fingerprint density at radius 2 is 2.15 bits per heavy atom. The normalized spacial score (nSPS) is 19.1. The second-order valence-corrected chi connectivity index (χ2v) is 5.13. The first-order valence-electron chi connectivity index (χ1n) is 6.80. The van der Waals surface area contributed by atoms with Gasteiger partial charge < -0.3 is 0 Å². The summed E-state index contributed by atoms with van der Waals surface area (Å²) in [6.07, 6.45) is 2.47. The van der Waals surface area contributed by atoms with E-state index in [1.165, 1.54) is 12.8 Å². The third-order valence-corrected chi connectivity index (χ3v) is 3.81. The van der Waals surface area contributed by atoms with Gasteiger partial charge in [-0.25, -0.2) is 0 Å². The van der Waals surface area contributed by atoms with Crippen molar-refractivity contribution in [1.82, 2.24) is 25.1 Å². The lowest BCUT2D eigenvalue weighted by Gasteiger charge is -2.19. The zero-order valence-electron chi connectivity index (χ0n) is 11.4. The van der Waals surface area contributed by atoms with Crippen molar-refractivity contribution in [3.8, 4) is 11.8 Å². The van der Waals surface area contributed by atoms with Gasteiger partial charge in [0.2, 0.25) is 0 Å². The van der Waals surface area contributed by atoms with E-state index in [0.29, 0.717) is 11.6 Å². The fraction of sp³-hybridized carbons (Fsp3) is 0.429. The van der Waals surface area contributed by atoms with Crippen LogP contribution < -0.4 is 0 Å². The molecule has 2 aromatic rings. The number of tetrazole rings is 1. The maximum Gasteiger partial charge on any atom is 0.170 e. The van der Waals surface area contributed by atoms with Gasteiger partial charge in [0.25, 0.3) is 0 Å². The highest BCUT2D eigenvalue weighted by Crippen LogP contribution is 2.19. The van der Waals surface area contributed by atoms with Crippen LogP contribution in [0.15, 0.2) is 24.3 Å². The number of aromatic nitrogens is 4. The standard InChI is InChI=1S/C14H16N6/c1-11-3-2-8-19(11)10-14-16-17-18-20(14)13-6-4-12(9-15)5-7-13/h4-7,11H,2-3,8,10H2,1H3/t11-/m0/s1. The molecule has 102 valence electrons. The molecule has 0 unspecified atom stereocenters. The van der Waals surface area contributed by atoms with Crippen LogP contribution in [0.1, 0.15) is 31.2 Å². The minimum Gasteiger partial charge on any atom is -0.293 e. The van der Waals surface area contributed by atoms with E-state index >= 15 is 0 Å². The van der Waals surface area contributed by atoms with Crippen LogP contribution in [0.5, 0.6) is 0 Å². The molecule has 0 spiro atoms. The highest BCUT2D eigenvalue weighted by molar-refractivity contribution is 5.38. The summed E-state index contributed by atoms with van der Waals surface area (Å²) in [6, 6.07) is 9.98. The second-order valence-electron chi connectivity index (χ2n) is 5.13. The number of nitriles is 1. The fourth-order valence-electron chi connectivity index (χ4n) is 2.59. The quantitative estimate of drug-likeness (QED) is 0.844. The van der Waals surface area contributed by atoms with Gasteiger partial charge in [-0.15, -0.1) is 5.10 Å². The molecule has 3 rings (SSSR count). The Balaban J connectivity index is 1.84. The predicted molar refractivity (Wildman–Crippen MR) is 73.0 cm³/mol. The van der Waals surface area contributed by atoms with Crippen molar-refractivity contribution in [3.63, 3.8) is 0 Å². The largest absolute Gasteiger partial charge is 0.293 e. The summed E-state index contributed by atoms with van der Waals surface area (Å²) in [4.78, 5) is 2.39. The Hall–Kier alpha value is -2.26. The van der Waals surface area contributed by atoms with Gasteiger partial charge in [-0.05, 0) is 61.0 Å².